The van der Waals surface area contributed by atoms with E-state index in [1.54, 1.807) is 0 Å². The van der Waals surface area contributed by atoms with Gasteiger partial charge in [0.2, 0.25) is 10.4 Å². The molecule has 0 amide bonds. The van der Waals surface area contributed by atoms with Crippen molar-refractivity contribution < 1.29 is 98.5 Å². The summed E-state index contributed by atoms with van der Waals surface area (Å²) in [6.45, 7) is -0.372. The first-order valence-electron chi connectivity index (χ1n) is 7.69. The van der Waals surface area contributed by atoms with Crippen molar-refractivity contribution in [1.82, 2.24) is 0 Å². The maximum Gasteiger partial charge on any atom is 1.00 e. The van der Waals surface area contributed by atoms with Crippen LogP contribution in [0.25, 0.3) is 0 Å². The predicted molar refractivity (Wildman–Crippen MR) is 104 cm³/mol. The number of nitrogens with zero attached hydrogens (tertiary/aromatic N) is 2. The average Bonchev–Trinajstić information content (AvgIpc) is 2.63. The largest absolute Gasteiger partial charge is 1.00 e. The molecule has 0 aromatic heterocycles. The Labute approximate surface area is 232 Å². The zero-order valence-corrected chi connectivity index (χ0v) is 23.3. The van der Waals surface area contributed by atoms with Gasteiger partial charge in [0.15, 0.2) is 5.75 Å². The number of rotatable bonds is 10. The number of hydrogen-bond acceptors (Lipinski definition) is 14. The second-order valence-electron chi connectivity index (χ2n) is 5.30. The molecule has 2 rings (SSSR count). The third-order valence-electron chi connectivity index (χ3n) is 3.11. The Bertz CT molecular complexity index is 1130. The van der Waals surface area contributed by atoms with E-state index in [0.717, 1.165) is 12.1 Å². The summed E-state index contributed by atoms with van der Waals surface area (Å²) in [5, 5.41) is 7.69. The Kier molecular flexibility index (Phi) is 13.8. The molecule has 18 heteroatoms. The van der Waals surface area contributed by atoms with Crippen LogP contribution in [-0.4, -0.2) is 38.3 Å². The van der Waals surface area contributed by atoms with Gasteiger partial charge in [-0.15, -0.1) is 9.45 Å². The molecular formula is C14H14N4Na2O9S3. The molecule has 0 atom stereocenters. The second kappa shape index (κ2) is 14.1. The second-order valence-corrected chi connectivity index (χ2v) is 8.48. The average molecular weight is 524 g/mol. The van der Waals surface area contributed by atoms with Gasteiger partial charge in [0.05, 0.1) is 28.6 Å². The smallest absolute Gasteiger partial charge is 0.744 e. The van der Waals surface area contributed by atoms with Crippen LogP contribution < -0.4 is 75.5 Å². The molecule has 0 fully saturated rings. The summed E-state index contributed by atoms with van der Waals surface area (Å²) in [4.78, 5) is 4.26. The quantitative estimate of drug-likeness (QED) is 0.0346. The van der Waals surface area contributed by atoms with Gasteiger partial charge in [0.25, 0.3) is 0 Å². The summed E-state index contributed by atoms with van der Waals surface area (Å²) in [7, 11) is -9.55. The van der Waals surface area contributed by atoms with Crippen molar-refractivity contribution >= 4 is 55.3 Å². The van der Waals surface area contributed by atoms with Gasteiger partial charge >= 0.3 is 59.1 Å². The minimum Gasteiger partial charge on any atom is -0.744 e. The maximum atomic E-state index is 11.2. The number of anilines is 2. The third kappa shape index (κ3) is 11.1. The van der Waals surface area contributed by atoms with Crippen LogP contribution in [0.3, 0.4) is 0 Å². The molecule has 0 aliphatic rings. The van der Waals surface area contributed by atoms with E-state index in [9.17, 15) is 25.9 Å². The monoisotopic (exact) mass is 524 g/mol. The Morgan fingerprint density at radius 2 is 1.56 bits per heavy atom. The van der Waals surface area contributed by atoms with Crippen molar-refractivity contribution in [2.45, 2.75) is 4.90 Å². The van der Waals surface area contributed by atoms with Crippen molar-refractivity contribution in [2.75, 3.05) is 23.8 Å². The molecule has 0 unspecified atom stereocenters. The summed E-state index contributed by atoms with van der Waals surface area (Å²) in [5.41, 5.74) is 11.2. The Morgan fingerprint density at radius 1 is 0.938 bits per heavy atom. The van der Waals surface area contributed by atoms with Crippen LogP contribution in [-0.2, 0) is 29.0 Å². The minimum atomic E-state index is -4.80. The van der Waals surface area contributed by atoms with Gasteiger partial charge in [-0.2, -0.15) is 5.11 Å². The van der Waals surface area contributed by atoms with E-state index in [1.807, 2.05) is 0 Å². The molecule has 164 valence electrons. The van der Waals surface area contributed by atoms with Crippen molar-refractivity contribution in [1.29, 1.82) is 0 Å². The molecule has 4 N–H and O–H groups in total. The van der Waals surface area contributed by atoms with Crippen molar-refractivity contribution in [3.8, 4) is 5.75 Å². The zero-order valence-electron chi connectivity index (χ0n) is 16.8. The summed E-state index contributed by atoms with van der Waals surface area (Å²) >= 11 is 0.715. The van der Waals surface area contributed by atoms with Crippen LogP contribution in [0.4, 0.5) is 22.7 Å². The van der Waals surface area contributed by atoms with Gasteiger partial charge in [-0.3, -0.25) is 4.18 Å². The summed E-state index contributed by atoms with van der Waals surface area (Å²) in [5.74, 6) is 0.295. The van der Waals surface area contributed by atoms with Crippen LogP contribution in [0.1, 0.15) is 0 Å². The van der Waals surface area contributed by atoms with Crippen LogP contribution in [0.5, 0.6) is 5.75 Å². The molecule has 0 saturated heterocycles. The molecule has 2 aromatic rings. The molecule has 0 saturated carbocycles. The normalized spacial score (nSPS) is 11.6. The van der Waals surface area contributed by atoms with E-state index in [1.165, 1.54) is 24.3 Å². The molecule has 13 nitrogen and oxygen atoms in total. The van der Waals surface area contributed by atoms with Crippen LogP contribution in [0, 0.1) is 0 Å². The first-order valence-corrected chi connectivity index (χ1v) is 11.3. The molecule has 2 aromatic carbocycles. The van der Waals surface area contributed by atoms with Crippen molar-refractivity contribution in [3.63, 3.8) is 0 Å². The van der Waals surface area contributed by atoms with Gasteiger partial charge in [-0.05, 0) is 36.4 Å². The fraction of sp³-hybridized carbons (Fsp3) is 0.143. The van der Waals surface area contributed by atoms with Crippen LogP contribution >= 0.6 is 12.0 Å². The summed E-state index contributed by atoms with van der Waals surface area (Å²) < 4.78 is 73.0. The maximum absolute atomic E-state index is 11.2. The summed E-state index contributed by atoms with van der Waals surface area (Å²) in [6, 6.07) is 7.93. The number of azo groups is 1. The van der Waals surface area contributed by atoms with Crippen LogP contribution in [0.15, 0.2) is 51.5 Å². The van der Waals surface area contributed by atoms with Gasteiger partial charge in [-0.25, -0.2) is 16.8 Å². The topological polar surface area (TPSA) is 219 Å². The Hall–Kier alpha value is -0.470. The van der Waals surface area contributed by atoms with Gasteiger partial charge in [0.1, 0.15) is 15.8 Å². The van der Waals surface area contributed by atoms with Crippen molar-refractivity contribution in [3.05, 3.63) is 36.4 Å². The van der Waals surface area contributed by atoms with Gasteiger partial charge in [0, 0.05) is 17.8 Å². The first kappa shape index (κ1) is 31.5. The number of benzene rings is 2. The minimum absolute atomic E-state index is 0. The number of nitrogen functional groups attached to an aromatic ring is 2. The van der Waals surface area contributed by atoms with E-state index in [-0.39, 0.29) is 94.3 Å². The zero-order chi connectivity index (χ0) is 22.4. The van der Waals surface area contributed by atoms with E-state index < -0.39 is 25.4 Å². The summed E-state index contributed by atoms with van der Waals surface area (Å²) in [6.07, 6.45) is 0. The SMILES string of the molecule is Nc1cc(N)c(S(=O)(=O)[O-])cc1N=Nc1ccc(OOSCCOS(=O)(=O)[O-])cc1.[Na+].[Na+]. The number of hydrogen-bond donors (Lipinski definition) is 2. The third-order valence-corrected chi connectivity index (χ3v) is 4.96. The van der Waals surface area contributed by atoms with E-state index in [4.69, 9.17) is 20.7 Å². The Balaban J connectivity index is 0.00000480. The molecule has 32 heavy (non-hydrogen) atoms. The van der Waals surface area contributed by atoms with Gasteiger partial charge in [-0.1, -0.05) is 0 Å². The molecule has 0 heterocycles. The molecule has 0 aliphatic carbocycles. The standard InChI is InChI=1S/C14H16N4O9S3.2Na/c15-11-7-12(16)14(29(19,20)21)8-13(11)18-17-9-1-3-10(4-2-9)26-27-28-6-5-25-30(22,23)24;;/h1-4,7-8H,5-6,15-16H2,(H,19,20,21)(H,22,23,24);;/q;2*+1/p-2. The molecule has 0 radical (unpaired) electrons. The number of nitrogens with two attached hydrogens (primary N) is 2. The van der Waals surface area contributed by atoms with E-state index >= 15 is 0 Å². The predicted octanol–water partition coefficient (Wildman–Crippen LogP) is -4.39. The Morgan fingerprint density at radius 3 is 2.12 bits per heavy atom. The van der Waals surface area contributed by atoms with E-state index in [2.05, 4.69) is 14.4 Å². The molecule has 0 spiro atoms. The molecule has 0 bridgehead atoms. The van der Waals surface area contributed by atoms with Gasteiger partial charge < -0.3 is 25.5 Å². The fourth-order valence-electron chi connectivity index (χ4n) is 1.85. The van der Waals surface area contributed by atoms with Crippen LogP contribution in [0.2, 0.25) is 0 Å². The first-order chi connectivity index (χ1) is 14.0. The molecule has 0 aliphatic heterocycles. The van der Waals surface area contributed by atoms with E-state index in [0.29, 0.717) is 17.7 Å². The molecular weight excluding hydrogens is 510 g/mol. The fourth-order valence-corrected chi connectivity index (χ4v) is 3.20. The van der Waals surface area contributed by atoms with Crippen molar-refractivity contribution in [2.24, 2.45) is 10.2 Å².